The number of carbonyl (C=O) groups is 1. The van der Waals surface area contributed by atoms with E-state index in [0.717, 1.165) is 31.2 Å². The Balaban J connectivity index is 1.68. The molecule has 3 rings (SSSR count). The zero-order chi connectivity index (χ0) is 18.4. The highest BCUT2D eigenvalue weighted by atomic mass is 16.5. The average Bonchev–Trinajstić information content (AvgIpc) is 2.66. The van der Waals surface area contributed by atoms with E-state index in [9.17, 15) is 4.79 Å². The van der Waals surface area contributed by atoms with E-state index in [4.69, 9.17) is 9.47 Å². The lowest BCUT2D eigenvalue weighted by atomic mass is 9.92. The summed E-state index contributed by atoms with van der Waals surface area (Å²) in [4.78, 5) is 19.9. The zero-order valence-corrected chi connectivity index (χ0v) is 15.2. The molecule has 1 amide bonds. The Kier molecular flexibility index (Phi) is 6.17. The Morgan fingerprint density at radius 3 is 2.62 bits per heavy atom. The molecular formula is C20H25N3O3. The molecule has 0 unspecified atom stereocenters. The molecule has 0 aliphatic carbocycles. The fraction of sp³-hybridized carbons (Fsp3) is 0.450. The van der Waals surface area contributed by atoms with Crippen molar-refractivity contribution in [3.05, 3.63) is 53.9 Å². The lowest BCUT2D eigenvalue weighted by molar-refractivity contribution is -0.122. The second kappa shape index (κ2) is 8.76. The van der Waals surface area contributed by atoms with Gasteiger partial charge in [-0.2, -0.15) is 0 Å². The summed E-state index contributed by atoms with van der Waals surface area (Å²) in [6, 6.07) is 10.8. The van der Waals surface area contributed by atoms with Crippen LogP contribution in [0.2, 0.25) is 0 Å². The average molecular weight is 355 g/mol. The van der Waals surface area contributed by atoms with Crippen molar-refractivity contribution in [1.29, 1.82) is 0 Å². The summed E-state index contributed by atoms with van der Waals surface area (Å²) >= 11 is 0. The Labute approximate surface area is 154 Å². The molecule has 3 atom stereocenters. The number of aryl methyl sites for hydroxylation is 1. The van der Waals surface area contributed by atoms with Crippen LogP contribution in [0.4, 0.5) is 0 Å². The Morgan fingerprint density at radius 1 is 1.23 bits per heavy atom. The van der Waals surface area contributed by atoms with Crippen molar-refractivity contribution in [2.24, 2.45) is 0 Å². The SMILES string of the molecule is COc1ncc([C@H]2C[C@@H](NC(C)=O)C[C@@H](CCc3ccccc3)O2)cn1. The topological polar surface area (TPSA) is 73.3 Å². The minimum atomic E-state index is -0.132. The maximum Gasteiger partial charge on any atom is 0.316 e. The first-order valence-corrected chi connectivity index (χ1v) is 8.96. The number of hydrogen-bond acceptors (Lipinski definition) is 5. The van der Waals surface area contributed by atoms with Gasteiger partial charge in [0.05, 0.1) is 19.3 Å². The van der Waals surface area contributed by atoms with Crippen molar-refractivity contribution in [3.8, 4) is 6.01 Å². The Morgan fingerprint density at radius 2 is 1.96 bits per heavy atom. The number of amides is 1. The number of hydrogen-bond donors (Lipinski definition) is 1. The second-order valence-corrected chi connectivity index (χ2v) is 6.64. The normalized spacial score (nSPS) is 22.6. The molecule has 2 aromatic rings. The van der Waals surface area contributed by atoms with Gasteiger partial charge in [0.15, 0.2) is 0 Å². The molecule has 26 heavy (non-hydrogen) atoms. The molecule has 1 aromatic heterocycles. The molecule has 1 saturated heterocycles. The fourth-order valence-corrected chi connectivity index (χ4v) is 3.39. The maximum atomic E-state index is 11.5. The highest BCUT2D eigenvalue weighted by molar-refractivity contribution is 5.73. The maximum absolute atomic E-state index is 11.5. The molecule has 1 fully saturated rings. The molecule has 0 saturated carbocycles. The van der Waals surface area contributed by atoms with Gasteiger partial charge >= 0.3 is 6.01 Å². The fourth-order valence-electron chi connectivity index (χ4n) is 3.39. The van der Waals surface area contributed by atoms with Crippen LogP contribution in [0.5, 0.6) is 6.01 Å². The van der Waals surface area contributed by atoms with Gasteiger partial charge in [0.25, 0.3) is 0 Å². The van der Waals surface area contributed by atoms with E-state index in [2.05, 4.69) is 39.6 Å². The number of nitrogens with zero attached hydrogens (tertiary/aromatic N) is 2. The lowest BCUT2D eigenvalue weighted by Crippen LogP contribution is -2.42. The minimum Gasteiger partial charge on any atom is -0.467 e. The van der Waals surface area contributed by atoms with Crippen molar-refractivity contribution >= 4 is 5.91 Å². The minimum absolute atomic E-state index is 0.0107. The number of methoxy groups -OCH3 is 1. The van der Waals surface area contributed by atoms with Crippen LogP contribution in [0.15, 0.2) is 42.7 Å². The van der Waals surface area contributed by atoms with Crippen LogP contribution in [0.3, 0.4) is 0 Å². The standard InChI is InChI=1S/C20H25N3O3/c1-14(24)23-17-10-18(9-8-15-6-4-3-5-7-15)26-19(11-17)16-12-21-20(25-2)22-13-16/h3-7,12-13,17-19H,8-11H2,1-2H3,(H,23,24)/t17-,18+,19+/m0/s1. The molecule has 1 N–H and O–H groups in total. The monoisotopic (exact) mass is 355 g/mol. The molecular weight excluding hydrogens is 330 g/mol. The van der Waals surface area contributed by atoms with E-state index in [1.165, 1.54) is 5.56 Å². The predicted octanol–water partition coefficient (Wildman–Crippen LogP) is 2.84. The van der Waals surface area contributed by atoms with Gasteiger partial charge in [-0.25, -0.2) is 9.97 Å². The number of ether oxygens (including phenoxy) is 2. The summed E-state index contributed by atoms with van der Waals surface area (Å²) in [6.07, 6.45) is 6.82. The summed E-state index contributed by atoms with van der Waals surface area (Å²) in [7, 11) is 1.54. The summed E-state index contributed by atoms with van der Waals surface area (Å²) in [6.45, 7) is 1.56. The molecule has 0 radical (unpaired) electrons. The van der Waals surface area contributed by atoms with Crippen LogP contribution >= 0.6 is 0 Å². The van der Waals surface area contributed by atoms with E-state index >= 15 is 0 Å². The van der Waals surface area contributed by atoms with Crippen molar-refractivity contribution in [1.82, 2.24) is 15.3 Å². The van der Waals surface area contributed by atoms with Crippen LogP contribution in [0, 0.1) is 0 Å². The summed E-state index contributed by atoms with van der Waals surface area (Å²) in [5, 5.41) is 3.05. The summed E-state index contributed by atoms with van der Waals surface area (Å²) < 4.78 is 11.3. The van der Waals surface area contributed by atoms with E-state index in [1.54, 1.807) is 26.4 Å². The number of aromatic nitrogens is 2. The van der Waals surface area contributed by atoms with Gasteiger partial charge < -0.3 is 14.8 Å². The predicted molar refractivity (Wildman–Crippen MR) is 97.8 cm³/mol. The number of carbonyl (C=O) groups excluding carboxylic acids is 1. The molecule has 6 heteroatoms. The van der Waals surface area contributed by atoms with Crippen LogP contribution in [-0.4, -0.2) is 35.1 Å². The smallest absolute Gasteiger partial charge is 0.316 e. The van der Waals surface area contributed by atoms with Crippen molar-refractivity contribution in [3.63, 3.8) is 0 Å². The van der Waals surface area contributed by atoms with Crippen molar-refractivity contribution in [2.45, 2.75) is 50.9 Å². The molecule has 1 aliphatic heterocycles. The quantitative estimate of drug-likeness (QED) is 0.862. The number of rotatable bonds is 6. The summed E-state index contributed by atoms with van der Waals surface area (Å²) in [5.74, 6) is -0.0107. The Hall–Kier alpha value is -2.47. The molecule has 0 spiro atoms. The first-order chi connectivity index (χ1) is 12.6. The van der Waals surface area contributed by atoms with Gasteiger partial charge in [0.2, 0.25) is 5.91 Å². The molecule has 6 nitrogen and oxygen atoms in total. The first-order valence-electron chi connectivity index (χ1n) is 8.96. The highest BCUT2D eigenvalue weighted by Gasteiger charge is 2.31. The van der Waals surface area contributed by atoms with E-state index in [-0.39, 0.29) is 24.2 Å². The van der Waals surface area contributed by atoms with Gasteiger partial charge in [-0.05, 0) is 31.2 Å². The van der Waals surface area contributed by atoms with E-state index in [0.29, 0.717) is 6.01 Å². The first kappa shape index (κ1) is 18.3. The van der Waals surface area contributed by atoms with Crippen LogP contribution in [-0.2, 0) is 16.0 Å². The largest absolute Gasteiger partial charge is 0.467 e. The molecule has 1 aromatic carbocycles. The van der Waals surface area contributed by atoms with Crippen LogP contribution in [0.1, 0.15) is 43.4 Å². The van der Waals surface area contributed by atoms with E-state index in [1.807, 2.05) is 6.07 Å². The third-order valence-corrected chi connectivity index (χ3v) is 4.61. The van der Waals surface area contributed by atoms with Crippen molar-refractivity contribution in [2.75, 3.05) is 7.11 Å². The molecule has 1 aliphatic rings. The molecule has 0 bridgehead atoms. The highest BCUT2D eigenvalue weighted by Crippen LogP contribution is 2.33. The van der Waals surface area contributed by atoms with Gasteiger partial charge in [-0.3, -0.25) is 4.79 Å². The summed E-state index contributed by atoms with van der Waals surface area (Å²) in [5.41, 5.74) is 2.20. The lowest BCUT2D eigenvalue weighted by Gasteiger charge is -2.36. The Bertz CT molecular complexity index is 706. The van der Waals surface area contributed by atoms with Crippen LogP contribution in [0.25, 0.3) is 0 Å². The van der Waals surface area contributed by atoms with Gasteiger partial charge in [0, 0.05) is 30.9 Å². The zero-order valence-electron chi connectivity index (χ0n) is 15.2. The molecule has 2 heterocycles. The molecule has 138 valence electrons. The second-order valence-electron chi connectivity index (χ2n) is 6.64. The van der Waals surface area contributed by atoms with Crippen LogP contribution < -0.4 is 10.1 Å². The van der Waals surface area contributed by atoms with Gasteiger partial charge in [-0.15, -0.1) is 0 Å². The van der Waals surface area contributed by atoms with Gasteiger partial charge in [-0.1, -0.05) is 30.3 Å². The third-order valence-electron chi connectivity index (χ3n) is 4.61. The van der Waals surface area contributed by atoms with E-state index < -0.39 is 0 Å². The number of benzene rings is 1. The number of nitrogens with one attached hydrogen (secondary N) is 1. The van der Waals surface area contributed by atoms with Crippen molar-refractivity contribution < 1.29 is 14.3 Å². The van der Waals surface area contributed by atoms with Gasteiger partial charge in [0.1, 0.15) is 0 Å². The third kappa shape index (κ3) is 5.02.